The van der Waals surface area contributed by atoms with Crippen LogP contribution in [0, 0.1) is 6.92 Å². The average Bonchev–Trinajstić information content (AvgIpc) is 3.55. The number of carbonyl (C=O) groups is 1. The van der Waals surface area contributed by atoms with Crippen LogP contribution in [-0.2, 0) is 0 Å². The third-order valence-corrected chi connectivity index (χ3v) is 7.57. The largest absolute Gasteiger partial charge is 0.497 e. The fourth-order valence-electron chi connectivity index (χ4n) is 4.44. The summed E-state index contributed by atoms with van der Waals surface area (Å²) in [6, 6.07) is 14.1. The third-order valence-electron chi connectivity index (χ3n) is 6.24. The van der Waals surface area contributed by atoms with Gasteiger partial charge < -0.3 is 15.4 Å². The Kier molecular flexibility index (Phi) is 5.87. The number of hydrogen-bond acceptors (Lipinski definition) is 6. The maximum atomic E-state index is 13.4. The van der Waals surface area contributed by atoms with Gasteiger partial charge in [0.15, 0.2) is 5.69 Å². The van der Waals surface area contributed by atoms with Crippen LogP contribution in [-0.4, -0.2) is 51.8 Å². The Morgan fingerprint density at radius 2 is 2.06 bits per heavy atom. The summed E-state index contributed by atoms with van der Waals surface area (Å²) in [6.07, 6.45) is 0.817. The number of aromatic nitrogens is 3. The Morgan fingerprint density at radius 1 is 1.24 bits per heavy atom. The Hall–Kier alpha value is -3.23. The molecule has 3 heterocycles. The van der Waals surface area contributed by atoms with Gasteiger partial charge >= 0.3 is 0 Å². The van der Waals surface area contributed by atoms with Crippen LogP contribution in [0.2, 0.25) is 0 Å². The van der Waals surface area contributed by atoms with Gasteiger partial charge in [0.25, 0.3) is 5.91 Å². The number of carbonyl (C=O) groups excluding carboxylic acids is 1. The van der Waals surface area contributed by atoms with Gasteiger partial charge in [-0.05, 0) is 43.5 Å². The molecule has 0 saturated carbocycles. The van der Waals surface area contributed by atoms with Crippen molar-refractivity contribution in [2.24, 2.45) is 5.73 Å². The van der Waals surface area contributed by atoms with Crippen molar-refractivity contribution in [3.63, 3.8) is 0 Å². The van der Waals surface area contributed by atoms with Crippen molar-refractivity contribution in [1.82, 2.24) is 19.7 Å². The molecule has 0 aliphatic carbocycles. The van der Waals surface area contributed by atoms with E-state index in [1.165, 1.54) is 0 Å². The Bertz CT molecular complexity index is 1370. The highest BCUT2D eigenvalue weighted by atomic mass is 32.1. The highest BCUT2D eigenvalue weighted by Gasteiger charge is 2.29. The van der Waals surface area contributed by atoms with Gasteiger partial charge in [0, 0.05) is 35.0 Å². The molecule has 176 valence electrons. The van der Waals surface area contributed by atoms with E-state index in [9.17, 15) is 4.79 Å². The number of aryl methyl sites for hydroxylation is 1. The molecule has 34 heavy (non-hydrogen) atoms. The second kappa shape index (κ2) is 8.85. The molecule has 0 unspecified atom stereocenters. The average molecular weight is 476 g/mol. The zero-order valence-corrected chi connectivity index (χ0v) is 20.7. The number of amides is 1. The number of nitrogens with zero attached hydrogens (tertiary/aromatic N) is 4. The molecule has 0 radical (unpaired) electrons. The summed E-state index contributed by atoms with van der Waals surface area (Å²) < 4.78 is 7.25. The van der Waals surface area contributed by atoms with Crippen molar-refractivity contribution in [3.05, 3.63) is 58.6 Å². The minimum atomic E-state index is -0.0732. The lowest BCUT2D eigenvalue weighted by Crippen LogP contribution is -2.32. The van der Waals surface area contributed by atoms with E-state index < -0.39 is 0 Å². The topological polar surface area (TPSA) is 86.3 Å². The lowest BCUT2D eigenvalue weighted by atomic mass is 10.1. The molecule has 2 aromatic heterocycles. The molecule has 1 fully saturated rings. The number of thiazole rings is 1. The summed E-state index contributed by atoms with van der Waals surface area (Å²) in [6.45, 7) is 7.58. The summed E-state index contributed by atoms with van der Waals surface area (Å²) in [7, 11) is 1.67. The van der Waals surface area contributed by atoms with Crippen LogP contribution in [0.5, 0.6) is 5.75 Å². The zero-order chi connectivity index (χ0) is 24.0. The summed E-state index contributed by atoms with van der Waals surface area (Å²) in [5, 5.41) is 6.40. The third kappa shape index (κ3) is 3.97. The number of nitrogens with two attached hydrogens (primary N) is 1. The van der Waals surface area contributed by atoms with Crippen LogP contribution >= 0.6 is 11.3 Å². The number of methoxy groups -OCH3 is 1. The van der Waals surface area contributed by atoms with Crippen molar-refractivity contribution in [1.29, 1.82) is 0 Å². The van der Waals surface area contributed by atoms with Gasteiger partial charge in [0.05, 0.1) is 18.3 Å². The van der Waals surface area contributed by atoms with Gasteiger partial charge in [-0.25, -0.2) is 9.67 Å². The van der Waals surface area contributed by atoms with E-state index in [0.29, 0.717) is 18.8 Å². The van der Waals surface area contributed by atoms with E-state index in [2.05, 4.69) is 13.8 Å². The molecule has 1 aliphatic rings. The second-order valence-electron chi connectivity index (χ2n) is 9.18. The predicted octanol–water partition coefficient (Wildman–Crippen LogP) is 4.76. The first kappa shape index (κ1) is 22.6. The zero-order valence-electron chi connectivity index (χ0n) is 19.9. The van der Waals surface area contributed by atoms with Gasteiger partial charge in [-0.1, -0.05) is 48.9 Å². The molecule has 4 aromatic rings. The molecule has 1 aliphatic heterocycles. The minimum absolute atomic E-state index is 0.0250. The maximum absolute atomic E-state index is 13.4. The molecule has 2 aromatic carbocycles. The molecular formula is C26H29N5O2S. The molecule has 5 rings (SSSR count). The maximum Gasteiger partial charge on any atom is 0.275 e. The number of likely N-dealkylation sites (tertiary alicyclic amines) is 1. The number of fused-ring (bicyclic) bond motifs is 1. The van der Waals surface area contributed by atoms with E-state index in [1.54, 1.807) is 18.4 Å². The Balaban J connectivity index is 1.65. The Labute approximate surface area is 203 Å². The first-order valence-corrected chi connectivity index (χ1v) is 12.4. The molecular weight excluding hydrogens is 446 g/mol. The highest BCUT2D eigenvalue weighted by molar-refractivity contribution is 7.14. The van der Waals surface area contributed by atoms with E-state index in [4.69, 9.17) is 20.6 Å². The van der Waals surface area contributed by atoms with Crippen molar-refractivity contribution < 1.29 is 9.53 Å². The normalized spacial score (nSPS) is 16.1. The summed E-state index contributed by atoms with van der Waals surface area (Å²) in [5.74, 6) is 0.998. The summed E-state index contributed by atoms with van der Waals surface area (Å²) >= 11 is 1.61. The van der Waals surface area contributed by atoms with Crippen molar-refractivity contribution >= 4 is 28.1 Å². The SMILES string of the molecule is COc1cccc(-c2nc(-n3nc(C(=O)N4CC[C@@H](N)C4)c4cc(C)ccc43)sc2C(C)C)c1. The Morgan fingerprint density at radius 3 is 2.76 bits per heavy atom. The second-order valence-corrected chi connectivity index (χ2v) is 10.2. The van der Waals surface area contributed by atoms with Crippen LogP contribution in [0.3, 0.4) is 0 Å². The first-order chi connectivity index (χ1) is 16.4. The molecule has 2 N–H and O–H groups in total. The number of hydrogen-bond donors (Lipinski definition) is 1. The number of rotatable bonds is 5. The lowest BCUT2D eigenvalue weighted by Gasteiger charge is -2.14. The summed E-state index contributed by atoms with van der Waals surface area (Å²) in [4.78, 5) is 21.4. The minimum Gasteiger partial charge on any atom is -0.497 e. The van der Waals surface area contributed by atoms with Crippen LogP contribution < -0.4 is 10.5 Å². The van der Waals surface area contributed by atoms with E-state index in [1.807, 2.05) is 59.0 Å². The van der Waals surface area contributed by atoms with Crippen LogP contribution in [0.15, 0.2) is 42.5 Å². The number of benzene rings is 2. The van der Waals surface area contributed by atoms with Gasteiger partial charge in [0.2, 0.25) is 5.13 Å². The van der Waals surface area contributed by atoms with Crippen molar-refractivity contribution in [2.45, 2.75) is 39.2 Å². The van der Waals surface area contributed by atoms with Gasteiger partial charge in [-0.2, -0.15) is 5.10 Å². The van der Waals surface area contributed by atoms with Gasteiger partial charge in [-0.15, -0.1) is 0 Å². The fourth-order valence-corrected chi connectivity index (χ4v) is 5.49. The molecule has 0 bridgehead atoms. The summed E-state index contributed by atoms with van der Waals surface area (Å²) in [5.41, 5.74) is 10.4. The van der Waals surface area contributed by atoms with Gasteiger partial charge in [0.1, 0.15) is 5.75 Å². The first-order valence-electron chi connectivity index (χ1n) is 11.6. The van der Waals surface area contributed by atoms with Crippen molar-refractivity contribution in [3.8, 4) is 22.1 Å². The smallest absolute Gasteiger partial charge is 0.275 e. The van der Waals surface area contributed by atoms with Crippen molar-refractivity contribution in [2.75, 3.05) is 20.2 Å². The van der Waals surface area contributed by atoms with E-state index >= 15 is 0 Å². The molecule has 1 atom stereocenters. The monoisotopic (exact) mass is 475 g/mol. The van der Waals surface area contributed by atoms with Crippen LogP contribution in [0.1, 0.15) is 47.1 Å². The quantitative estimate of drug-likeness (QED) is 0.450. The van der Waals surface area contributed by atoms with Gasteiger partial charge in [-0.3, -0.25) is 4.79 Å². The molecule has 7 nitrogen and oxygen atoms in total. The van der Waals surface area contributed by atoms with Crippen LogP contribution in [0.25, 0.3) is 27.3 Å². The fraction of sp³-hybridized carbons (Fsp3) is 0.346. The predicted molar refractivity (Wildman–Crippen MR) is 136 cm³/mol. The molecule has 1 saturated heterocycles. The number of ether oxygens (including phenoxy) is 1. The molecule has 1 amide bonds. The highest BCUT2D eigenvalue weighted by Crippen LogP contribution is 2.37. The lowest BCUT2D eigenvalue weighted by molar-refractivity contribution is 0.0786. The standard InChI is InChI=1S/C26H29N5O2S/c1-15(2)24-22(17-6-5-7-19(13-17)33-4)28-26(34-24)31-21-9-8-16(3)12-20(21)23(29-31)25(32)30-11-10-18(27)14-30/h5-9,12-13,15,18H,10-11,14,27H2,1-4H3/t18-/m1/s1. The van der Waals surface area contributed by atoms with E-state index in [-0.39, 0.29) is 17.9 Å². The van der Waals surface area contributed by atoms with Crippen LogP contribution in [0.4, 0.5) is 0 Å². The molecule has 0 spiro atoms. The van der Waals surface area contributed by atoms with E-state index in [0.717, 1.165) is 49.9 Å². The molecule has 8 heteroatoms.